The van der Waals surface area contributed by atoms with Crippen LogP contribution in [0.15, 0.2) is 0 Å². The van der Waals surface area contributed by atoms with E-state index < -0.39 is 97.5 Å². The number of hydrogen-bond acceptors (Lipinski definition) is 15. The lowest BCUT2D eigenvalue weighted by atomic mass is 9.99. The molecule has 0 radical (unpaired) electrons. The van der Waals surface area contributed by atoms with E-state index >= 15 is 0 Å². The Bertz CT molecular complexity index is 1730. The minimum absolute atomic E-state index is 0.104. The molecule has 0 aromatic rings. The quantitative estimate of drug-likeness (QED) is 0.0222. The van der Waals surface area contributed by atoms with Crippen LogP contribution in [0.1, 0.15) is 331 Å². The zero-order valence-electron chi connectivity index (χ0n) is 56.6. The van der Waals surface area contributed by atoms with E-state index in [0.29, 0.717) is 31.6 Å². The van der Waals surface area contributed by atoms with Crippen LogP contribution >= 0.6 is 15.6 Å². The standard InChI is InChI=1S/C68H132O17P2/c1-9-60(7)46-38-30-22-13-11-12-14-25-34-42-50-67(72)84-63(54-78-65(70)48-40-32-24-17-15-20-28-36-44-58(3)4)56-82-86(74,75)80-52-62(69)53-81-87(76,77)83-57-64(55-79-66(71)49-41-33-27-19-21-29-37-45-59(5)6)85-68(73)51-43-35-26-18-16-23-31-39-47-61(8)10-2/h58-64,69H,9-57H2,1-8H3,(H,74,75)(H,76,77)/t60?,61?,62?,63-,64-/m1/s1. The molecule has 5 unspecified atom stereocenters. The fourth-order valence-corrected chi connectivity index (χ4v) is 11.7. The summed E-state index contributed by atoms with van der Waals surface area (Å²) in [6, 6.07) is 0. The third-order valence-electron chi connectivity index (χ3n) is 16.3. The molecule has 19 heteroatoms. The Kier molecular flexibility index (Phi) is 56.6. The van der Waals surface area contributed by atoms with Gasteiger partial charge in [-0.1, -0.05) is 280 Å². The van der Waals surface area contributed by atoms with Crippen LogP contribution in [0.25, 0.3) is 0 Å². The molecule has 0 aliphatic rings. The van der Waals surface area contributed by atoms with Gasteiger partial charge in [-0.2, -0.15) is 0 Å². The monoisotopic (exact) mass is 1280 g/mol. The number of carbonyl (C=O) groups is 4. The number of phosphoric ester groups is 2. The number of hydrogen-bond donors (Lipinski definition) is 3. The van der Waals surface area contributed by atoms with Crippen molar-refractivity contribution < 1.29 is 80.2 Å². The van der Waals surface area contributed by atoms with Crippen LogP contribution in [0.4, 0.5) is 0 Å². The summed E-state index contributed by atoms with van der Waals surface area (Å²) in [6.07, 6.45) is 38.9. The number of aliphatic hydroxyl groups is 1. The van der Waals surface area contributed by atoms with Gasteiger partial charge in [-0.15, -0.1) is 0 Å². The van der Waals surface area contributed by atoms with Crippen molar-refractivity contribution in [3.8, 4) is 0 Å². The zero-order valence-corrected chi connectivity index (χ0v) is 58.4. The van der Waals surface area contributed by atoms with Gasteiger partial charge in [-0.05, 0) is 49.4 Å². The van der Waals surface area contributed by atoms with Crippen molar-refractivity contribution in [3.05, 3.63) is 0 Å². The normalized spacial score (nSPS) is 15.0. The first-order valence-corrected chi connectivity index (χ1v) is 38.3. The van der Waals surface area contributed by atoms with Crippen molar-refractivity contribution in [2.75, 3.05) is 39.6 Å². The summed E-state index contributed by atoms with van der Waals surface area (Å²) in [5, 5.41) is 10.6. The Labute approximate surface area is 530 Å². The molecular weight excluding hydrogens is 1150 g/mol. The molecule has 17 nitrogen and oxygen atoms in total. The fourth-order valence-electron chi connectivity index (χ4n) is 10.1. The van der Waals surface area contributed by atoms with Crippen molar-refractivity contribution in [1.82, 2.24) is 0 Å². The van der Waals surface area contributed by atoms with Gasteiger partial charge in [0.15, 0.2) is 12.2 Å². The van der Waals surface area contributed by atoms with Gasteiger partial charge < -0.3 is 33.8 Å². The minimum atomic E-state index is -4.95. The molecule has 0 aromatic carbocycles. The number of phosphoric acid groups is 2. The number of ether oxygens (including phenoxy) is 4. The molecule has 0 amide bonds. The van der Waals surface area contributed by atoms with E-state index in [4.69, 9.17) is 37.0 Å². The Morgan fingerprint density at radius 3 is 0.816 bits per heavy atom. The Balaban J connectivity index is 5.27. The van der Waals surface area contributed by atoms with Crippen LogP contribution in [0.5, 0.6) is 0 Å². The highest BCUT2D eigenvalue weighted by Crippen LogP contribution is 2.45. The molecule has 0 rings (SSSR count). The largest absolute Gasteiger partial charge is 0.472 e. The predicted molar refractivity (Wildman–Crippen MR) is 349 cm³/mol. The molecule has 0 heterocycles. The van der Waals surface area contributed by atoms with E-state index in [-0.39, 0.29) is 25.7 Å². The van der Waals surface area contributed by atoms with Gasteiger partial charge in [0.05, 0.1) is 26.4 Å². The lowest BCUT2D eigenvalue weighted by molar-refractivity contribution is -0.161. The summed E-state index contributed by atoms with van der Waals surface area (Å²) < 4.78 is 68.2. The van der Waals surface area contributed by atoms with Crippen LogP contribution in [0, 0.1) is 23.7 Å². The number of rotatable bonds is 65. The molecule has 0 fully saturated rings. The first-order valence-electron chi connectivity index (χ1n) is 35.3. The molecule has 7 atom stereocenters. The van der Waals surface area contributed by atoms with Crippen molar-refractivity contribution in [2.45, 2.75) is 350 Å². The van der Waals surface area contributed by atoms with Gasteiger partial charge in [0.25, 0.3) is 0 Å². The topological polar surface area (TPSA) is 237 Å². The zero-order chi connectivity index (χ0) is 64.7. The van der Waals surface area contributed by atoms with Crippen molar-refractivity contribution in [2.24, 2.45) is 23.7 Å². The van der Waals surface area contributed by atoms with Crippen LogP contribution in [0.3, 0.4) is 0 Å². The van der Waals surface area contributed by atoms with E-state index in [1.807, 2.05) is 0 Å². The second-order valence-corrected chi connectivity index (χ2v) is 28.9. The molecule has 0 aromatic heterocycles. The second kappa shape index (κ2) is 57.9. The van der Waals surface area contributed by atoms with E-state index in [9.17, 15) is 43.2 Å². The van der Waals surface area contributed by atoms with Crippen LogP contribution in [0.2, 0.25) is 0 Å². The van der Waals surface area contributed by atoms with Gasteiger partial charge in [-0.25, -0.2) is 9.13 Å². The lowest BCUT2D eigenvalue weighted by Crippen LogP contribution is -2.30. The molecule has 0 saturated heterocycles. The summed E-state index contributed by atoms with van der Waals surface area (Å²) in [6.45, 7) is 14.1. The minimum Gasteiger partial charge on any atom is -0.462 e. The second-order valence-electron chi connectivity index (χ2n) is 26.0. The lowest BCUT2D eigenvalue weighted by Gasteiger charge is -2.21. The van der Waals surface area contributed by atoms with Crippen molar-refractivity contribution in [3.63, 3.8) is 0 Å². The summed E-state index contributed by atoms with van der Waals surface area (Å²) in [5.41, 5.74) is 0. The first kappa shape index (κ1) is 85.1. The van der Waals surface area contributed by atoms with Gasteiger partial charge in [0.1, 0.15) is 19.3 Å². The molecule has 0 saturated carbocycles. The Hall–Kier alpha value is -1.94. The van der Waals surface area contributed by atoms with Gasteiger partial charge >= 0.3 is 39.5 Å². The average Bonchev–Trinajstić information content (AvgIpc) is 3.69. The summed E-state index contributed by atoms with van der Waals surface area (Å²) in [5.74, 6) is 0.869. The van der Waals surface area contributed by atoms with E-state index in [0.717, 1.165) is 114 Å². The highest BCUT2D eigenvalue weighted by atomic mass is 31.2. The molecule has 0 aliphatic heterocycles. The number of unbranched alkanes of at least 4 members (excludes halogenated alkanes) is 29. The van der Waals surface area contributed by atoms with Crippen LogP contribution in [-0.2, 0) is 65.4 Å². The molecular formula is C68H132O17P2. The van der Waals surface area contributed by atoms with Crippen LogP contribution in [-0.4, -0.2) is 96.7 Å². The summed E-state index contributed by atoms with van der Waals surface area (Å²) >= 11 is 0. The molecule has 0 spiro atoms. The van der Waals surface area contributed by atoms with Crippen molar-refractivity contribution >= 4 is 39.5 Å². The summed E-state index contributed by atoms with van der Waals surface area (Å²) in [4.78, 5) is 72.4. The highest BCUT2D eigenvalue weighted by Gasteiger charge is 2.30. The number of aliphatic hydroxyl groups excluding tert-OH is 1. The van der Waals surface area contributed by atoms with E-state index in [2.05, 4.69) is 55.4 Å². The van der Waals surface area contributed by atoms with Gasteiger partial charge in [-0.3, -0.25) is 37.3 Å². The molecule has 3 N–H and O–H groups in total. The summed E-state index contributed by atoms with van der Waals surface area (Å²) in [7, 11) is -9.90. The average molecular weight is 1280 g/mol. The van der Waals surface area contributed by atoms with Crippen molar-refractivity contribution in [1.29, 1.82) is 0 Å². The number of carbonyl (C=O) groups excluding carboxylic acids is 4. The van der Waals surface area contributed by atoms with E-state index in [1.54, 1.807) is 0 Å². The van der Waals surface area contributed by atoms with Gasteiger partial charge in [0.2, 0.25) is 0 Å². The molecule has 0 aliphatic carbocycles. The predicted octanol–water partition coefficient (Wildman–Crippen LogP) is 18.9. The van der Waals surface area contributed by atoms with E-state index in [1.165, 1.54) is 128 Å². The Morgan fingerprint density at radius 2 is 0.552 bits per heavy atom. The van der Waals surface area contributed by atoms with Gasteiger partial charge in [0, 0.05) is 25.7 Å². The highest BCUT2D eigenvalue weighted by molar-refractivity contribution is 7.47. The Morgan fingerprint density at radius 1 is 0.322 bits per heavy atom. The third kappa shape index (κ3) is 60.1. The maximum absolute atomic E-state index is 13.0. The maximum Gasteiger partial charge on any atom is 0.472 e. The fraction of sp³-hybridized carbons (Fsp3) is 0.941. The SMILES string of the molecule is CCC(C)CCCCCCCCCCCCC(=O)O[C@H](COC(=O)CCCCCCCCCCC(C)C)COP(=O)(O)OCC(O)COP(=O)(O)OC[C@@H](COC(=O)CCCCCCCCCC(C)C)OC(=O)CCCCCCCCCCC(C)CC. The third-order valence-corrected chi connectivity index (χ3v) is 18.2. The smallest absolute Gasteiger partial charge is 0.462 e. The molecule has 0 bridgehead atoms. The molecule has 87 heavy (non-hydrogen) atoms. The first-order chi connectivity index (χ1) is 41.7. The number of esters is 4. The molecule has 516 valence electrons. The van der Waals surface area contributed by atoms with Crippen LogP contribution < -0.4 is 0 Å². The maximum atomic E-state index is 13.0.